The standard InChI is InChI=1S/Cu.2NO3.H3P/c;2*2-1(3)4;/h;;;1H3/q+2;2*-1;. The molecule has 1 radical (unpaired) electrons. The van der Waals surface area contributed by atoms with E-state index >= 15 is 0 Å². The maximum absolute atomic E-state index is 8.25. The van der Waals surface area contributed by atoms with Crippen molar-refractivity contribution in [2.75, 3.05) is 0 Å². The molecule has 10 heavy (non-hydrogen) atoms. The van der Waals surface area contributed by atoms with Crippen LogP contribution in [0.5, 0.6) is 0 Å². The molecule has 0 heterocycles. The molecule has 0 saturated heterocycles. The average molecular weight is 222 g/mol. The smallest absolute Gasteiger partial charge is 0.356 e. The molecule has 0 aliphatic carbocycles. The summed E-state index contributed by atoms with van der Waals surface area (Å²) in [5.74, 6) is 0. The second-order valence-corrected chi connectivity index (χ2v) is 0.447. The fourth-order valence-corrected chi connectivity index (χ4v) is 0. The molecule has 0 aliphatic heterocycles. The second-order valence-electron chi connectivity index (χ2n) is 0.447. The molecule has 0 spiro atoms. The summed E-state index contributed by atoms with van der Waals surface area (Å²) in [5, 5.41) is 29.5. The van der Waals surface area contributed by atoms with Crippen molar-refractivity contribution >= 4 is 9.90 Å². The number of nitrogens with zero attached hydrogens (tertiary/aromatic N) is 2. The topological polar surface area (TPSA) is 132 Å². The Balaban J connectivity index is -0.0000000300. The summed E-state index contributed by atoms with van der Waals surface area (Å²) < 4.78 is 0. The number of hydrogen-bond donors (Lipinski definition) is 0. The van der Waals surface area contributed by atoms with Gasteiger partial charge in [-0.05, 0) is 0 Å². The molecule has 0 saturated carbocycles. The summed E-state index contributed by atoms with van der Waals surface area (Å²) in [5.41, 5.74) is 0. The minimum absolute atomic E-state index is 0. The van der Waals surface area contributed by atoms with E-state index in [2.05, 4.69) is 0 Å². The monoisotopic (exact) mass is 221 g/mol. The van der Waals surface area contributed by atoms with Crippen molar-refractivity contribution in [2.45, 2.75) is 0 Å². The minimum atomic E-state index is -1.75. The van der Waals surface area contributed by atoms with Crippen LogP contribution in [-0.4, -0.2) is 10.2 Å². The minimum Gasteiger partial charge on any atom is -0.356 e. The van der Waals surface area contributed by atoms with Gasteiger partial charge in [0, 0.05) is 0 Å². The molecule has 0 aromatic heterocycles. The van der Waals surface area contributed by atoms with Crippen LogP contribution in [0.3, 0.4) is 0 Å². The van der Waals surface area contributed by atoms with E-state index in [1.54, 1.807) is 0 Å². The van der Waals surface area contributed by atoms with Crippen molar-refractivity contribution in [1.82, 2.24) is 0 Å². The van der Waals surface area contributed by atoms with Crippen LogP contribution >= 0.6 is 9.90 Å². The molecule has 1 unspecified atom stereocenters. The zero-order valence-corrected chi connectivity index (χ0v) is 6.71. The molecule has 0 fully saturated rings. The molecular formula is H3CuN2O6P. The first kappa shape index (κ1) is 22.8. The van der Waals surface area contributed by atoms with E-state index in [-0.39, 0.29) is 27.0 Å². The fraction of sp³-hybridized carbons (Fsp3) is 0. The van der Waals surface area contributed by atoms with Gasteiger partial charge in [-0.1, -0.05) is 0 Å². The molecule has 0 aliphatic rings. The largest absolute Gasteiger partial charge is 2.00 e. The van der Waals surface area contributed by atoms with Gasteiger partial charge in [0.1, 0.15) is 0 Å². The molecule has 8 nitrogen and oxygen atoms in total. The SMILES string of the molecule is O=[N+]([O-])[O-].O=[N+]([O-])[O-].P.[Cu+2]. The quantitative estimate of drug-likeness (QED) is 0.236. The Morgan fingerprint density at radius 3 is 0.800 bits per heavy atom. The van der Waals surface area contributed by atoms with Gasteiger partial charge in [-0.25, -0.2) is 0 Å². The molecule has 1 atom stereocenters. The van der Waals surface area contributed by atoms with Crippen LogP contribution < -0.4 is 0 Å². The van der Waals surface area contributed by atoms with Gasteiger partial charge in [-0.3, -0.25) is 0 Å². The van der Waals surface area contributed by atoms with Crippen molar-refractivity contribution in [2.24, 2.45) is 0 Å². The van der Waals surface area contributed by atoms with Gasteiger partial charge in [0.05, 0.1) is 10.2 Å². The van der Waals surface area contributed by atoms with Gasteiger partial charge in [-0.15, -0.1) is 0 Å². The van der Waals surface area contributed by atoms with Gasteiger partial charge in [-0.2, -0.15) is 9.90 Å². The first-order valence-corrected chi connectivity index (χ1v) is 1.10. The Morgan fingerprint density at radius 1 is 0.800 bits per heavy atom. The Kier molecular flexibility index (Phi) is 35.9. The molecule has 0 amide bonds. The molecule has 65 valence electrons. The van der Waals surface area contributed by atoms with Crippen molar-refractivity contribution < 1.29 is 27.2 Å². The second kappa shape index (κ2) is 15.8. The van der Waals surface area contributed by atoms with Crippen LogP contribution in [0.2, 0.25) is 0 Å². The van der Waals surface area contributed by atoms with Gasteiger partial charge >= 0.3 is 17.1 Å². The van der Waals surface area contributed by atoms with E-state index < -0.39 is 10.2 Å². The zero-order chi connectivity index (χ0) is 7.15. The predicted molar refractivity (Wildman–Crippen MR) is 31.8 cm³/mol. The van der Waals surface area contributed by atoms with Gasteiger partial charge in [0.25, 0.3) is 0 Å². The molecule has 0 bridgehead atoms. The molecule has 10 heteroatoms. The first-order valence-electron chi connectivity index (χ1n) is 1.10. The van der Waals surface area contributed by atoms with Crippen LogP contribution in [0, 0.1) is 30.6 Å². The Bertz CT molecular complexity index is 73.7. The predicted octanol–water partition coefficient (Wildman–Crippen LogP) is -0.423. The molecule has 0 aromatic carbocycles. The van der Waals surface area contributed by atoms with Gasteiger partial charge in [0.15, 0.2) is 0 Å². The Labute approximate surface area is 68.5 Å². The van der Waals surface area contributed by atoms with E-state index in [0.29, 0.717) is 0 Å². The fourth-order valence-electron chi connectivity index (χ4n) is 0. The molecule has 0 rings (SSSR count). The third-order valence-corrected chi connectivity index (χ3v) is 0. The van der Waals surface area contributed by atoms with Crippen molar-refractivity contribution in [3.63, 3.8) is 0 Å². The van der Waals surface area contributed by atoms with Crippen molar-refractivity contribution in [3.8, 4) is 0 Å². The van der Waals surface area contributed by atoms with E-state index in [1.807, 2.05) is 0 Å². The summed E-state index contributed by atoms with van der Waals surface area (Å²) >= 11 is 0. The third-order valence-electron chi connectivity index (χ3n) is 0. The van der Waals surface area contributed by atoms with Crippen LogP contribution in [0.1, 0.15) is 0 Å². The van der Waals surface area contributed by atoms with Crippen molar-refractivity contribution in [3.05, 3.63) is 30.6 Å². The van der Waals surface area contributed by atoms with E-state index in [4.69, 9.17) is 30.6 Å². The summed E-state index contributed by atoms with van der Waals surface area (Å²) in [4.78, 5) is 16.5. The van der Waals surface area contributed by atoms with E-state index in [1.165, 1.54) is 0 Å². The summed E-state index contributed by atoms with van der Waals surface area (Å²) in [6.07, 6.45) is 0. The van der Waals surface area contributed by atoms with Crippen LogP contribution in [0.25, 0.3) is 0 Å². The van der Waals surface area contributed by atoms with E-state index in [0.717, 1.165) is 0 Å². The molecule has 0 aromatic rings. The summed E-state index contributed by atoms with van der Waals surface area (Å²) in [7, 11) is 0. The van der Waals surface area contributed by atoms with Gasteiger partial charge in [0.2, 0.25) is 0 Å². The average Bonchev–Trinajstić information content (AvgIpc) is 1.25. The van der Waals surface area contributed by atoms with Gasteiger partial charge < -0.3 is 30.6 Å². The normalized spacial score (nSPS) is 4.80. The number of rotatable bonds is 0. The number of hydrogen-bond acceptors (Lipinski definition) is 6. The summed E-state index contributed by atoms with van der Waals surface area (Å²) in [6.45, 7) is 0. The van der Waals surface area contributed by atoms with Crippen molar-refractivity contribution in [1.29, 1.82) is 0 Å². The maximum Gasteiger partial charge on any atom is 2.00 e. The van der Waals surface area contributed by atoms with E-state index in [9.17, 15) is 0 Å². The Morgan fingerprint density at radius 2 is 0.800 bits per heavy atom. The third kappa shape index (κ3) is 700. The summed E-state index contributed by atoms with van der Waals surface area (Å²) in [6, 6.07) is 0. The maximum atomic E-state index is 8.25. The van der Waals surface area contributed by atoms with Crippen LogP contribution in [-0.2, 0) is 17.1 Å². The van der Waals surface area contributed by atoms with Crippen LogP contribution in [0.15, 0.2) is 0 Å². The zero-order valence-electron chi connectivity index (χ0n) is 4.35. The first-order chi connectivity index (χ1) is 3.46. The Hall–Kier alpha value is -0.651. The van der Waals surface area contributed by atoms with Crippen LogP contribution in [0.4, 0.5) is 0 Å². The molecular weight excluding hydrogens is 219 g/mol. The molecule has 0 N–H and O–H groups in total.